The van der Waals surface area contributed by atoms with E-state index in [1.165, 1.54) is 28.8 Å². The smallest absolute Gasteiger partial charge is 0.394 e. The van der Waals surface area contributed by atoms with Crippen LogP contribution in [0.15, 0.2) is 42.6 Å². The molecule has 0 spiro atoms. The number of hydrogen-bond acceptors (Lipinski definition) is 4. The zero-order valence-electron chi connectivity index (χ0n) is 20.2. The molecule has 0 unspecified atom stereocenters. The molecule has 6 rings (SSSR count). The molecule has 0 aliphatic heterocycles. The zero-order valence-corrected chi connectivity index (χ0v) is 20.2. The molecule has 1 fully saturated rings. The maximum Gasteiger partial charge on any atom is 0.417 e. The maximum atomic E-state index is 14.3. The summed E-state index contributed by atoms with van der Waals surface area (Å²) in [6, 6.07) is 7.14. The van der Waals surface area contributed by atoms with Crippen LogP contribution in [0.25, 0.3) is 27.8 Å². The van der Waals surface area contributed by atoms with Crippen LogP contribution in [0.1, 0.15) is 51.9 Å². The van der Waals surface area contributed by atoms with E-state index in [9.17, 15) is 26.7 Å². The summed E-state index contributed by atoms with van der Waals surface area (Å²) in [6.07, 6.45) is -1.71. The highest BCUT2D eigenvalue weighted by atomic mass is 19.4. The van der Waals surface area contributed by atoms with E-state index in [0.717, 1.165) is 31.0 Å². The molecule has 1 saturated carbocycles. The summed E-state index contributed by atoms with van der Waals surface area (Å²) in [5.41, 5.74) is 4.80. The zero-order chi connectivity index (χ0) is 27.1. The van der Waals surface area contributed by atoms with Crippen molar-refractivity contribution in [2.24, 2.45) is 7.05 Å². The average molecular weight is 525 g/mol. The van der Waals surface area contributed by atoms with Crippen LogP contribution in [-0.2, 0) is 13.2 Å². The lowest BCUT2D eigenvalue weighted by Gasteiger charge is -2.14. The highest BCUT2D eigenvalue weighted by Gasteiger charge is 2.37. The lowest BCUT2D eigenvalue weighted by Crippen LogP contribution is -2.10. The van der Waals surface area contributed by atoms with Gasteiger partial charge in [0.2, 0.25) is 5.78 Å². The number of nitrogens with zero attached hydrogens (tertiary/aromatic N) is 4. The van der Waals surface area contributed by atoms with Crippen LogP contribution in [0, 0.1) is 18.6 Å². The van der Waals surface area contributed by atoms with Gasteiger partial charge in [0.05, 0.1) is 22.3 Å². The molecular formula is C27H20F5N5O. The number of aryl methyl sites for hydroxylation is 2. The summed E-state index contributed by atoms with van der Waals surface area (Å²) in [6.45, 7) is 1.70. The van der Waals surface area contributed by atoms with Crippen LogP contribution in [0.4, 0.5) is 27.6 Å². The normalized spacial score (nSPS) is 14.1. The van der Waals surface area contributed by atoms with Crippen LogP contribution in [0.5, 0.6) is 0 Å². The van der Waals surface area contributed by atoms with Gasteiger partial charge >= 0.3 is 6.18 Å². The molecule has 11 heteroatoms. The highest BCUT2D eigenvalue weighted by Crippen LogP contribution is 2.45. The van der Waals surface area contributed by atoms with Gasteiger partial charge in [0, 0.05) is 30.3 Å². The number of benzene rings is 2. The topological polar surface area (TPSA) is 78.2 Å². The fraction of sp³-hybridized carbons (Fsp3) is 0.222. The van der Waals surface area contributed by atoms with Crippen molar-refractivity contribution in [3.63, 3.8) is 0 Å². The average Bonchev–Trinajstić information content (AvgIpc) is 3.58. The Kier molecular flexibility index (Phi) is 5.14. The van der Waals surface area contributed by atoms with Gasteiger partial charge in [0.25, 0.3) is 0 Å². The number of fused-ring (bicyclic) bond motifs is 2. The largest absolute Gasteiger partial charge is 0.417 e. The molecule has 3 aromatic heterocycles. The summed E-state index contributed by atoms with van der Waals surface area (Å²) in [5.74, 6) is -2.40. The Morgan fingerprint density at radius 2 is 1.74 bits per heavy atom. The molecule has 0 atom stereocenters. The molecule has 38 heavy (non-hydrogen) atoms. The molecule has 194 valence electrons. The van der Waals surface area contributed by atoms with E-state index >= 15 is 0 Å². The van der Waals surface area contributed by atoms with Gasteiger partial charge < -0.3 is 10.3 Å². The third kappa shape index (κ3) is 3.64. The Morgan fingerprint density at radius 1 is 1.05 bits per heavy atom. The van der Waals surface area contributed by atoms with Crippen molar-refractivity contribution in [1.29, 1.82) is 0 Å². The van der Waals surface area contributed by atoms with E-state index in [1.807, 2.05) is 0 Å². The Hall–Kier alpha value is -4.28. The molecule has 5 aromatic rings. The second-order valence-electron chi connectivity index (χ2n) is 9.52. The first-order chi connectivity index (χ1) is 18.0. The summed E-state index contributed by atoms with van der Waals surface area (Å²) in [4.78, 5) is 22.6. The minimum atomic E-state index is -4.68. The van der Waals surface area contributed by atoms with Gasteiger partial charge in [-0.15, -0.1) is 0 Å². The Bertz CT molecular complexity index is 1770. The number of aromatic nitrogens is 4. The van der Waals surface area contributed by atoms with E-state index < -0.39 is 34.8 Å². The SMILES string of the molecule is Cc1nc2cc(-c3cccn4c(C(=O)c5cc(F)c(N)c(F)c5)c(C5CC5)nc34)c(C(F)(F)F)cc2n1C. The molecular weight excluding hydrogens is 505 g/mol. The van der Waals surface area contributed by atoms with Crippen LogP contribution < -0.4 is 5.73 Å². The van der Waals surface area contributed by atoms with Gasteiger partial charge in [0.15, 0.2) is 0 Å². The minimum absolute atomic E-state index is 0.0521. The number of imidazole rings is 2. The monoisotopic (exact) mass is 525 g/mol. The molecule has 1 aliphatic carbocycles. The van der Waals surface area contributed by atoms with Crippen LogP contribution >= 0.6 is 0 Å². The lowest BCUT2D eigenvalue weighted by molar-refractivity contribution is -0.137. The third-order valence-electron chi connectivity index (χ3n) is 7.04. The number of rotatable bonds is 4. The first kappa shape index (κ1) is 24.1. The summed E-state index contributed by atoms with van der Waals surface area (Å²) < 4.78 is 74.2. The molecule has 2 N–H and O–H groups in total. The number of anilines is 1. The van der Waals surface area contributed by atoms with Gasteiger partial charge in [-0.25, -0.2) is 18.7 Å². The number of halogens is 5. The Morgan fingerprint density at radius 3 is 2.37 bits per heavy atom. The molecule has 2 aromatic carbocycles. The summed E-state index contributed by atoms with van der Waals surface area (Å²) >= 11 is 0. The van der Waals surface area contributed by atoms with Gasteiger partial charge in [-0.3, -0.25) is 9.20 Å². The van der Waals surface area contributed by atoms with Crippen LogP contribution in [0.2, 0.25) is 0 Å². The van der Waals surface area contributed by atoms with Crippen molar-refractivity contribution in [2.45, 2.75) is 31.9 Å². The van der Waals surface area contributed by atoms with E-state index in [4.69, 9.17) is 5.73 Å². The predicted molar refractivity (Wildman–Crippen MR) is 131 cm³/mol. The third-order valence-corrected chi connectivity index (χ3v) is 7.04. The van der Waals surface area contributed by atoms with E-state index in [2.05, 4.69) is 9.97 Å². The fourth-order valence-electron chi connectivity index (χ4n) is 4.83. The Labute approximate surface area is 212 Å². The first-order valence-electron chi connectivity index (χ1n) is 11.8. The van der Waals surface area contributed by atoms with Crippen molar-refractivity contribution in [3.8, 4) is 11.1 Å². The number of carbonyl (C=O) groups is 1. The molecule has 0 bridgehead atoms. The van der Waals surface area contributed by atoms with Crippen LogP contribution in [0.3, 0.4) is 0 Å². The van der Waals surface area contributed by atoms with Crippen molar-refractivity contribution >= 4 is 28.2 Å². The maximum absolute atomic E-state index is 14.3. The molecule has 1 aliphatic rings. The first-order valence-corrected chi connectivity index (χ1v) is 11.8. The van der Waals surface area contributed by atoms with E-state index in [1.54, 1.807) is 18.5 Å². The van der Waals surface area contributed by atoms with Gasteiger partial charge in [-0.2, -0.15) is 13.2 Å². The number of nitrogens with two attached hydrogens (primary N) is 1. The number of alkyl halides is 3. The molecule has 3 heterocycles. The van der Waals surface area contributed by atoms with Gasteiger partial charge in [-0.1, -0.05) is 0 Å². The second-order valence-corrected chi connectivity index (χ2v) is 9.52. The highest BCUT2D eigenvalue weighted by molar-refractivity contribution is 6.10. The fourth-order valence-corrected chi connectivity index (χ4v) is 4.83. The van der Waals surface area contributed by atoms with Crippen molar-refractivity contribution in [3.05, 3.63) is 82.6 Å². The molecule has 6 nitrogen and oxygen atoms in total. The van der Waals surface area contributed by atoms with Crippen LogP contribution in [-0.4, -0.2) is 24.7 Å². The minimum Gasteiger partial charge on any atom is -0.394 e. The van der Waals surface area contributed by atoms with Gasteiger partial charge in [0.1, 0.15) is 34.5 Å². The Balaban J connectivity index is 1.62. The molecule has 0 saturated heterocycles. The van der Waals surface area contributed by atoms with Gasteiger partial charge in [-0.05, 0) is 61.7 Å². The number of carbonyl (C=O) groups excluding carboxylic acids is 1. The number of nitrogen functional groups attached to an aromatic ring is 1. The van der Waals surface area contributed by atoms with Crippen molar-refractivity contribution < 1.29 is 26.7 Å². The van der Waals surface area contributed by atoms with E-state index in [-0.39, 0.29) is 33.9 Å². The standard InChI is InChI=1S/C27H20F5N5O/c1-12-34-20-10-16(17(27(30,31)32)11-21(20)36(12)2)15-4-3-7-37-24(23(13-5-6-13)35-26(15)37)25(38)14-8-18(28)22(33)19(29)9-14/h3-4,7-11,13H,5-6,33H2,1-2H3. The predicted octanol–water partition coefficient (Wildman–Crippen LogP) is 6.18. The second kappa shape index (κ2) is 8.11. The lowest BCUT2D eigenvalue weighted by atomic mass is 9.99. The molecule has 0 amide bonds. The quantitative estimate of drug-likeness (QED) is 0.173. The summed E-state index contributed by atoms with van der Waals surface area (Å²) in [7, 11) is 1.64. The number of pyridine rings is 1. The number of hydrogen-bond donors (Lipinski definition) is 1. The molecule has 0 radical (unpaired) electrons. The van der Waals surface area contributed by atoms with Crippen molar-refractivity contribution in [2.75, 3.05) is 5.73 Å². The number of ketones is 1. The van der Waals surface area contributed by atoms with Crippen molar-refractivity contribution in [1.82, 2.24) is 18.9 Å². The van der Waals surface area contributed by atoms with E-state index in [0.29, 0.717) is 22.6 Å². The summed E-state index contributed by atoms with van der Waals surface area (Å²) in [5, 5.41) is 0.